The zero-order valence-corrected chi connectivity index (χ0v) is 11.5. The number of nitrogens with zero attached hydrogens (tertiary/aromatic N) is 1. The minimum absolute atomic E-state index is 0.468. The van der Waals surface area contributed by atoms with E-state index in [1.165, 1.54) is 19.3 Å². The SMILES string of the molecule is O=C(NNCC1CCCCC1)c1cnccc1C(F)(F)F. The Morgan fingerprint density at radius 3 is 2.67 bits per heavy atom. The van der Waals surface area contributed by atoms with Gasteiger partial charge in [-0.1, -0.05) is 19.3 Å². The maximum absolute atomic E-state index is 12.8. The minimum atomic E-state index is -4.57. The van der Waals surface area contributed by atoms with Crippen LogP contribution in [0.4, 0.5) is 13.2 Å². The molecule has 4 nitrogen and oxygen atoms in total. The fourth-order valence-corrected chi connectivity index (χ4v) is 2.56. The van der Waals surface area contributed by atoms with Crippen molar-refractivity contribution in [3.8, 4) is 0 Å². The zero-order chi connectivity index (χ0) is 15.3. The van der Waals surface area contributed by atoms with Gasteiger partial charge in [-0.15, -0.1) is 0 Å². The van der Waals surface area contributed by atoms with Crippen molar-refractivity contribution in [2.24, 2.45) is 5.92 Å². The highest BCUT2D eigenvalue weighted by molar-refractivity contribution is 5.95. The summed E-state index contributed by atoms with van der Waals surface area (Å²) in [5.74, 6) is -0.346. The molecule has 1 aliphatic rings. The molecule has 0 saturated heterocycles. The highest BCUT2D eigenvalue weighted by Crippen LogP contribution is 2.31. The number of rotatable bonds is 4. The number of alkyl halides is 3. The lowest BCUT2D eigenvalue weighted by Gasteiger charge is -2.22. The Hall–Kier alpha value is -1.63. The van der Waals surface area contributed by atoms with Crippen molar-refractivity contribution in [1.29, 1.82) is 0 Å². The van der Waals surface area contributed by atoms with Crippen LogP contribution in [0.15, 0.2) is 18.5 Å². The third-order valence-electron chi connectivity index (χ3n) is 3.69. The maximum atomic E-state index is 12.8. The van der Waals surface area contributed by atoms with Gasteiger partial charge in [0.1, 0.15) is 0 Å². The van der Waals surface area contributed by atoms with Gasteiger partial charge in [0.25, 0.3) is 5.91 Å². The van der Waals surface area contributed by atoms with Crippen LogP contribution in [0.5, 0.6) is 0 Å². The Bertz CT molecular complexity index is 485. The summed E-state index contributed by atoms with van der Waals surface area (Å²) in [5.41, 5.74) is 3.62. The Balaban J connectivity index is 1.91. The lowest BCUT2D eigenvalue weighted by Crippen LogP contribution is -2.41. The van der Waals surface area contributed by atoms with E-state index in [2.05, 4.69) is 15.8 Å². The zero-order valence-electron chi connectivity index (χ0n) is 11.5. The second kappa shape index (κ2) is 6.89. The fourth-order valence-electron chi connectivity index (χ4n) is 2.56. The van der Waals surface area contributed by atoms with Crippen molar-refractivity contribution in [1.82, 2.24) is 15.8 Å². The fraction of sp³-hybridized carbons (Fsp3) is 0.571. The highest BCUT2D eigenvalue weighted by atomic mass is 19.4. The number of carbonyl (C=O) groups excluding carboxylic acids is 1. The molecule has 0 aromatic carbocycles. The van der Waals surface area contributed by atoms with Gasteiger partial charge in [-0.3, -0.25) is 15.2 Å². The number of hydrogen-bond acceptors (Lipinski definition) is 3. The molecule has 1 saturated carbocycles. The number of amides is 1. The summed E-state index contributed by atoms with van der Waals surface area (Å²) in [6.45, 7) is 0.577. The maximum Gasteiger partial charge on any atom is 0.417 e. The number of nitrogens with one attached hydrogen (secondary N) is 2. The van der Waals surface area contributed by atoms with Crippen LogP contribution in [0.3, 0.4) is 0 Å². The molecule has 21 heavy (non-hydrogen) atoms. The largest absolute Gasteiger partial charge is 0.417 e. The van der Waals surface area contributed by atoms with E-state index in [0.717, 1.165) is 31.3 Å². The minimum Gasteiger partial charge on any atom is -0.287 e. The van der Waals surface area contributed by atoms with Crippen LogP contribution in [0.2, 0.25) is 0 Å². The van der Waals surface area contributed by atoms with E-state index in [-0.39, 0.29) is 0 Å². The molecule has 0 radical (unpaired) electrons. The summed E-state index contributed by atoms with van der Waals surface area (Å²) in [6.07, 6.45) is 3.12. The molecule has 116 valence electrons. The Labute approximate surface area is 121 Å². The number of pyridine rings is 1. The first kappa shape index (κ1) is 15.8. The van der Waals surface area contributed by atoms with Crippen molar-refractivity contribution in [3.63, 3.8) is 0 Å². The second-order valence-corrected chi connectivity index (χ2v) is 5.26. The summed E-state index contributed by atoms with van der Waals surface area (Å²) in [4.78, 5) is 15.4. The van der Waals surface area contributed by atoms with Gasteiger partial charge in [-0.25, -0.2) is 5.43 Å². The van der Waals surface area contributed by atoms with Gasteiger partial charge in [0.05, 0.1) is 11.1 Å². The average molecular weight is 301 g/mol. The number of halogens is 3. The quantitative estimate of drug-likeness (QED) is 0.841. The van der Waals surface area contributed by atoms with Crippen molar-refractivity contribution >= 4 is 5.91 Å². The smallest absolute Gasteiger partial charge is 0.287 e. The van der Waals surface area contributed by atoms with Crippen molar-refractivity contribution in [3.05, 3.63) is 29.6 Å². The Morgan fingerprint density at radius 1 is 1.29 bits per heavy atom. The van der Waals surface area contributed by atoms with Gasteiger partial charge < -0.3 is 0 Å². The Kier molecular flexibility index (Phi) is 5.17. The summed E-state index contributed by atoms with van der Waals surface area (Å²) in [6, 6.07) is 0.802. The monoisotopic (exact) mass is 301 g/mol. The van der Waals surface area contributed by atoms with Crippen molar-refractivity contribution < 1.29 is 18.0 Å². The third-order valence-corrected chi connectivity index (χ3v) is 3.69. The molecular formula is C14H18F3N3O. The lowest BCUT2D eigenvalue weighted by molar-refractivity contribution is -0.138. The van der Waals surface area contributed by atoms with E-state index in [0.29, 0.717) is 12.5 Å². The van der Waals surface area contributed by atoms with E-state index in [1.54, 1.807) is 0 Å². The normalized spacial score (nSPS) is 16.7. The average Bonchev–Trinajstić information content (AvgIpc) is 2.47. The molecule has 7 heteroatoms. The van der Waals surface area contributed by atoms with Crippen LogP contribution >= 0.6 is 0 Å². The van der Waals surface area contributed by atoms with E-state index < -0.39 is 23.2 Å². The first-order valence-corrected chi connectivity index (χ1v) is 7.03. The van der Waals surface area contributed by atoms with Gasteiger partial charge in [0, 0.05) is 18.9 Å². The Morgan fingerprint density at radius 2 is 2.00 bits per heavy atom. The molecular weight excluding hydrogens is 283 g/mol. The van der Waals surface area contributed by atoms with Gasteiger partial charge in [0.15, 0.2) is 0 Å². The van der Waals surface area contributed by atoms with E-state index in [1.807, 2.05) is 0 Å². The summed E-state index contributed by atoms with van der Waals surface area (Å²) < 4.78 is 38.4. The van der Waals surface area contributed by atoms with Crippen LogP contribution in [-0.2, 0) is 6.18 Å². The molecule has 1 aromatic rings. The summed E-state index contributed by atoms with van der Waals surface area (Å²) >= 11 is 0. The van der Waals surface area contributed by atoms with Crippen molar-refractivity contribution in [2.75, 3.05) is 6.54 Å². The topological polar surface area (TPSA) is 54.0 Å². The number of hydrogen-bond donors (Lipinski definition) is 2. The molecule has 0 atom stereocenters. The number of aromatic nitrogens is 1. The lowest BCUT2D eigenvalue weighted by atomic mass is 9.89. The molecule has 1 amide bonds. The van der Waals surface area contributed by atoms with Gasteiger partial charge >= 0.3 is 6.18 Å². The highest BCUT2D eigenvalue weighted by Gasteiger charge is 2.35. The molecule has 1 fully saturated rings. The standard InChI is InChI=1S/C14H18F3N3O/c15-14(16,17)12-6-7-18-9-11(12)13(21)20-19-8-10-4-2-1-3-5-10/h6-7,9-10,19H,1-5,8H2,(H,20,21). The van der Waals surface area contributed by atoms with Crippen LogP contribution in [0.1, 0.15) is 48.0 Å². The van der Waals surface area contributed by atoms with E-state index >= 15 is 0 Å². The molecule has 1 heterocycles. The third kappa shape index (κ3) is 4.42. The van der Waals surface area contributed by atoms with Crippen molar-refractivity contribution in [2.45, 2.75) is 38.3 Å². The molecule has 1 aliphatic carbocycles. The molecule has 0 spiro atoms. The van der Waals surface area contributed by atoms with Crippen LogP contribution in [-0.4, -0.2) is 17.4 Å². The van der Waals surface area contributed by atoms with E-state index in [4.69, 9.17) is 0 Å². The predicted octanol–water partition coefficient (Wildman–Crippen LogP) is 2.92. The molecule has 0 unspecified atom stereocenters. The van der Waals surface area contributed by atoms with Crippen LogP contribution < -0.4 is 10.9 Å². The number of hydrazine groups is 1. The second-order valence-electron chi connectivity index (χ2n) is 5.26. The summed E-state index contributed by atoms with van der Waals surface area (Å²) in [5, 5.41) is 0. The molecule has 0 aliphatic heterocycles. The van der Waals surface area contributed by atoms with Gasteiger partial charge in [-0.05, 0) is 24.8 Å². The van der Waals surface area contributed by atoms with Crippen LogP contribution in [0, 0.1) is 5.92 Å². The molecule has 0 bridgehead atoms. The molecule has 2 N–H and O–H groups in total. The van der Waals surface area contributed by atoms with Gasteiger partial charge in [-0.2, -0.15) is 13.2 Å². The summed E-state index contributed by atoms with van der Waals surface area (Å²) in [7, 11) is 0. The van der Waals surface area contributed by atoms with Gasteiger partial charge in [0.2, 0.25) is 0 Å². The molecule has 1 aromatic heterocycles. The predicted molar refractivity (Wildman–Crippen MR) is 71.3 cm³/mol. The number of carbonyl (C=O) groups is 1. The first-order valence-electron chi connectivity index (χ1n) is 7.03. The first-order chi connectivity index (χ1) is 9.98. The van der Waals surface area contributed by atoms with E-state index in [9.17, 15) is 18.0 Å². The molecule has 2 rings (SSSR count). The van der Waals surface area contributed by atoms with Crippen LogP contribution in [0.25, 0.3) is 0 Å².